The molecule has 0 atom stereocenters. The van der Waals surface area contributed by atoms with Crippen molar-refractivity contribution in [1.29, 1.82) is 0 Å². The van der Waals surface area contributed by atoms with Crippen molar-refractivity contribution < 1.29 is 0 Å². The summed E-state index contributed by atoms with van der Waals surface area (Å²) in [5.41, 5.74) is 1.07. The molecule has 0 radical (unpaired) electrons. The van der Waals surface area contributed by atoms with Crippen molar-refractivity contribution in [3.05, 3.63) is 12.3 Å². The average Bonchev–Trinajstić information content (AvgIpc) is 1.78. The fourth-order valence-electron chi connectivity index (χ4n) is 0.504. The van der Waals surface area contributed by atoms with Gasteiger partial charge in [-0.15, -0.1) is 0 Å². The van der Waals surface area contributed by atoms with E-state index in [1.54, 1.807) is 0 Å². The zero-order valence-electron chi connectivity index (χ0n) is 7.91. The summed E-state index contributed by atoms with van der Waals surface area (Å²) in [4.78, 5) is 0. The van der Waals surface area contributed by atoms with Crippen LogP contribution in [0.4, 0.5) is 0 Å². The molecule has 0 bridgehead atoms. The molecule has 1 N–H and O–H groups in total. The second-order valence-electron chi connectivity index (χ2n) is 3.69. The Labute approximate surface area is 69.9 Å². The molecule has 0 aromatic heterocycles. The van der Waals surface area contributed by atoms with Gasteiger partial charge < -0.3 is 5.32 Å². The second-order valence-corrected chi connectivity index (χ2v) is 3.69. The van der Waals surface area contributed by atoms with Crippen LogP contribution in [0, 0.1) is 17.3 Å². The predicted molar refractivity (Wildman–Crippen MR) is 50.0 cm³/mol. The van der Waals surface area contributed by atoms with Crippen LogP contribution in [0.2, 0.25) is 0 Å². The van der Waals surface area contributed by atoms with E-state index in [0.717, 1.165) is 5.70 Å². The Hall–Kier alpha value is -0.900. The summed E-state index contributed by atoms with van der Waals surface area (Å²) in [6.07, 6.45) is 0. The van der Waals surface area contributed by atoms with E-state index in [2.05, 4.69) is 44.5 Å². The topological polar surface area (TPSA) is 12.0 Å². The van der Waals surface area contributed by atoms with Crippen LogP contribution >= 0.6 is 0 Å². The molecule has 11 heavy (non-hydrogen) atoms. The van der Waals surface area contributed by atoms with Gasteiger partial charge in [0.05, 0.1) is 6.54 Å². The van der Waals surface area contributed by atoms with Crippen molar-refractivity contribution in [3.63, 3.8) is 0 Å². The summed E-state index contributed by atoms with van der Waals surface area (Å²) in [6.45, 7) is 12.6. The zero-order chi connectivity index (χ0) is 8.91. The Bertz CT molecular complexity index is 185. The fraction of sp³-hybridized carbons (Fsp3) is 0.600. The number of nitrogens with one attached hydrogen (secondary N) is 1. The van der Waals surface area contributed by atoms with Crippen LogP contribution in [0.5, 0.6) is 0 Å². The lowest BCUT2D eigenvalue weighted by molar-refractivity contribution is 0.570. The van der Waals surface area contributed by atoms with Crippen molar-refractivity contribution >= 4 is 0 Å². The van der Waals surface area contributed by atoms with Crippen molar-refractivity contribution in [1.82, 2.24) is 5.32 Å². The molecule has 1 nitrogen and oxygen atoms in total. The van der Waals surface area contributed by atoms with Crippen LogP contribution < -0.4 is 5.32 Å². The highest BCUT2D eigenvalue weighted by Gasteiger charge is 2.02. The molecule has 0 aliphatic carbocycles. The molecule has 0 aromatic carbocycles. The number of rotatable bonds is 2. The monoisotopic (exact) mass is 151 g/mol. The Kier molecular flexibility index (Phi) is 3.74. The minimum atomic E-state index is 0.108. The molecular weight excluding hydrogens is 134 g/mol. The van der Waals surface area contributed by atoms with Gasteiger partial charge in [0, 0.05) is 11.1 Å². The lowest BCUT2D eigenvalue weighted by atomic mass is 9.98. The third-order valence-corrected chi connectivity index (χ3v) is 0.942. The maximum atomic E-state index is 3.71. The van der Waals surface area contributed by atoms with E-state index in [1.165, 1.54) is 0 Å². The SMILES string of the molecule is C=C(C)NCC#CC(C)(C)C. The molecule has 0 unspecified atom stereocenters. The molecule has 0 rings (SSSR count). The lowest BCUT2D eigenvalue weighted by Gasteiger charge is -2.07. The van der Waals surface area contributed by atoms with Crippen molar-refractivity contribution in [3.8, 4) is 11.8 Å². The number of hydrogen-bond donors (Lipinski definition) is 1. The highest BCUT2D eigenvalue weighted by molar-refractivity contribution is 5.09. The van der Waals surface area contributed by atoms with Crippen molar-refractivity contribution in [2.45, 2.75) is 27.7 Å². The predicted octanol–water partition coefficient (Wildman–Crippen LogP) is 2.16. The zero-order valence-corrected chi connectivity index (χ0v) is 7.91. The molecule has 0 aromatic rings. The van der Waals surface area contributed by atoms with Gasteiger partial charge in [0.15, 0.2) is 0 Å². The van der Waals surface area contributed by atoms with E-state index in [9.17, 15) is 0 Å². The van der Waals surface area contributed by atoms with Crippen LogP contribution in [-0.2, 0) is 0 Å². The van der Waals surface area contributed by atoms with Gasteiger partial charge in [-0.1, -0.05) is 18.4 Å². The van der Waals surface area contributed by atoms with Gasteiger partial charge in [-0.25, -0.2) is 0 Å². The van der Waals surface area contributed by atoms with E-state index in [-0.39, 0.29) is 5.41 Å². The molecule has 0 aliphatic rings. The summed E-state index contributed by atoms with van der Waals surface area (Å²) in [6, 6.07) is 0. The number of hydrogen-bond acceptors (Lipinski definition) is 1. The maximum absolute atomic E-state index is 3.71. The van der Waals surface area contributed by atoms with Crippen LogP contribution in [0.15, 0.2) is 12.3 Å². The summed E-state index contributed by atoms with van der Waals surface area (Å²) < 4.78 is 0. The summed E-state index contributed by atoms with van der Waals surface area (Å²) >= 11 is 0. The Balaban J connectivity index is 3.66. The second kappa shape index (κ2) is 4.08. The van der Waals surface area contributed by atoms with Crippen LogP contribution in [0.1, 0.15) is 27.7 Å². The molecule has 0 spiro atoms. The highest BCUT2D eigenvalue weighted by Crippen LogP contribution is 2.09. The average molecular weight is 151 g/mol. The Morgan fingerprint density at radius 3 is 2.36 bits per heavy atom. The Morgan fingerprint density at radius 2 is 2.00 bits per heavy atom. The molecule has 62 valence electrons. The normalized spacial score (nSPS) is 9.82. The first-order valence-corrected chi connectivity index (χ1v) is 3.81. The van der Waals surface area contributed by atoms with Gasteiger partial charge in [0.2, 0.25) is 0 Å². The smallest absolute Gasteiger partial charge is 0.0763 e. The quantitative estimate of drug-likeness (QED) is 0.596. The summed E-state index contributed by atoms with van der Waals surface area (Å²) in [5.74, 6) is 6.16. The van der Waals surface area contributed by atoms with E-state index < -0.39 is 0 Å². The van der Waals surface area contributed by atoms with Gasteiger partial charge in [0.1, 0.15) is 0 Å². The minimum Gasteiger partial charge on any atom is -0.378 e. The maximum Gasteiger partial charge on any atom is 0.0763 e. The standard InChI is InChI=1S/C10H17N/c1-9(2)11-8-6-7-10(3,4)5/h11H,1,8H2,2-5H3. The van der Waals surface area contributed by atoms with Gasteiger partial charge >= 0.3 is 0 Å². The van der Waals surface area contributed by atoms with E-state index in [1.807, 2.05) is 6.92 Å². The first kappa shape index (κ1) is 10.1. The molecule has 0 saturated carbocycles. The Morgan fingerprint density at radius 1 is 1.45 bits per heavy atom. The van der Waals surface area contributed by atoms with Crippen LogP contribution in [0.25, 0.3) is 0 Å². The highest BCUT2D eigenvalue weighted by atomic mass is 14.8. The summed E-state index contributed by atoms with van der Waals surface area (Å²) in [5, 5.41) is 3.05. The first-order chi connectivity index (χ1) is 4.92. The minimum absolute atomic E-state index is 0.108. The van der Waals surface area contributed by atoms with E-state index in [4.69, 9.17) is 0 Å². The third kappa shape index (κ3) is 9.10. The largest absolute Gasteiger partial charge is 0.378 e. The lowest BCUT2D eigenvalue weighted by Crippen LogP contribution is -2.10. The van der Waals surface area contributed by atoms with Crippen LogP contribution in [0.3, 0.4) is 0 Å². The molecule has 0 heterocycles. The van der Waals surface area contributed by atoms with Gasteiger partial charge in [-0.3, -0.25) is 0 Å². The van der Waals surface area contributed by atoms with Crippen molar-refractivity contribution in [2.75, 3.05) is 6.54 Å². The van der Waals surface area contributed by atoms with Gasteiger partial charge in [-0.05, 0) is 27.7 Å². The van der Waals surface area contributed by atoms with Crippen molar-refractivity contribution in [2.24, 2.45) is 5.41 Å². The third-order valence-electron chi connectivity index (χ3n) is 0.942. The van der Waals surface area contributed by atoms with Gasteiger partial charge in [-0.2, -0.15) is 0 Å². The molecule has 0 aliphatic heterocycles. The number of allylic oxidation sites excluding steroid dienone is 1. The first-order valence-electron chi connectivity index (χ1n) is 3.81. The molecule has 0 amide bonds. The summed E-state index contributed by atoms with van der Waals surface area (Å²) in [7, 11) is 0. The fourth-order valence-corrected chi connectivity index (χ4v) is 0.504. The molecule has 1 heteroatoms. The van der Waals surface area contributed by atoms with Gasteiger partial charge in [0.25, 0.3) is 0 Å². The molecule has 0 fully saturated rings. The molecular formula is C10H17N. The van der Waals surface area contributed by atoms with Crippen LogP contribution in [-0.4, -0.2) is 6.54 Å². The van der Waals surface area contributed by atoms with E-state index >= 15 is 0 Å². The molecule has 0 saturated heterocycles. The van der Waals surface area contributed by atoms with E-state index in [0.29, 0.717) is 6.54 Å².